The standard InChI is InChI=1S/C15H21NO2/c1-11-6-12(2)8-14(7-11)4-5-15(18)16-9-13(3)10-17/h4-8,13,17H,9-10H2,1-3H3,(H,16,18)/b5-4+. The molecule has 0 heterocycles. The Morgan fingerprint density at radius 3 is 2.50 bits per heavy atom. The summed E-state index contributed by atoms with van der Waals surface area (Å²) in [5.41, 5.74) is 3.39. The fourth-order valence-electron chi connectivity index (χ4n) is 1.68. The molecule has 0 aliphatic heterocycles. The van der Waals surface area contributed by atoms with Crippen molar-refractivity contribution in [3.63, 3.8) is 0 Å². The van der Waals surface area contributed by atoms with Gasteiger partial charge in [-0.15, -0.1) is 0 Å². The van der Waals surface area contributed by atoms with Crippen LogP contribution in [0.25, 0.3) is 6.08 Å². The van der Waals surface area contributed by atoms with Crippen LogP contribution in [0.4, 0.5) is 0 Å². The molecule has 0 aliphatic rings. The van der Waals surface area contributed by atoms with Crippen LogP contribution in [0, 0.1) is 19.8 Å². The monoisotopic (exact) mass is 247 g/mol. The first-order valence-corrected chi connectivity index (χ1v) is 6.16. The zero-order valence-corrected chi connectivity index (χ0v) is 11.2. The highest BCUT2D eigenvalue weighted by Crippen LogP contribution is 2.10. The van der Waals surface area contributed by atoms with Gasteiger partial charge in [-0.05, 0) is 31.4 Å². The van der Waals surface area contributed by atoms with Crippen LogP contribution in [0.1, 0.15) is 23.6 Å². The zero-order valence-electron chi connectivity index (χ0n) is 11.2. The van der Waals surface area contributed by atoms with Gasteiger partial charge in [0.2, 0.25) is 5.91 Å². The molecule has 0 saturated carbocycles. The van der Waals surface area contributed by atoms with E-state index in [1.165, 1.54) is 17.2 Å². The van der Waals surface area contributed by atoms with Gasteiger partial charge in [0.25, 0.3) is 0 Å². The first-order chi connectivity index (χ1) is 8.51. The molecule has 1 unspecified atom stereocenters. The smallest absolute Gasteiger partial charge is 0.244 e. The van der Waals surface area contributed by atoms with Crippen LogP contribution in [0.2, 0.25) is 0 Å². The average Bonchev–Trinajstić information content (AvgIpc) is 2.32. The maximum atomic E-state index is 11.5. The lowest BCUT2D eigenvalue weighted by Crippen LogP contribution is -2.27. The maximum absolute atomic E-state index is 11.5. The number of amides is 1. The Hall–Kier alpha value is -1.61. The Balaban J connectivity index is 2.55. The highest BCUT2D eigenvalue weighted by Gasteiger charge is 2.01. The van der Waals surface area contributed by atoms with Crippen LogP contribution in [0.5, 0.6) is 0 Å². The minimum Gasteiger partial charge on any atom is -0.396 e. The minimum atomic E-state index is -0.130. The third kappa shape index (κ3) is 5.15. The topological polar surface area (TPSA) is 49.3 Å². The van der Waals surface area contributed by atoms with Crippen LogP contribution >= 0.6 is 0 Å². The molecule has 0 fully saturated rings. The van der Waals surface area contributed by atoms with Crippen molar-refractivity contribution in [3.05, 3.63) is 41.0 Å². The Morgan fingerprint density at radius 1 is 1.33 bits per heavy atom. The number of nitrogens with one attached hydrogen (secondary N) is 1. The van der Waals surface area contributed by atoms with Crippen LogP contribution < -0.4 is 5.32 Å². The van der Waals surface area contributed by atoms with Crippen molar-refractivity contribution in [2.75, 3.05) is 13.2 Å². The normalized spacial score (nSPS) is 12.7. The van der Waals surface area contributed by atoms with Crippen LogP contribution in [-0.4, -0.2) is 24.2 Å². The van der Waals surface area contributed by atoms with E-state index in [4.69, 9.17) is 5.11 Å². The van der Waals surface area contributed by atoms with Gasteiger partial charge in [0.15, 0.2) is 0 Å². The molecule has 18 heavy (non-hydrogen) atoms. The highest BCUT2D eigenvalue weighted by atomic mass is 16.3. The first-order valence-electron chi connectivity index (χ1n) is 6.16. The van der Waals surface area contributed by atoms with Crippen molar-refractivity contribution in [3.8, 4) is 0 Å². The molecule has 1 atom stereocenters. The third-order valence-corrected chi connectivity index (χ3v) is 2.61. The molecule has 1 amide bonds. The fraction of sp³-hybridized carbons (Fsp3) is 0.400. The molecule has 0 bridgehead atoms. The second kappa shape index (κ2) is 6.97. The molecule has 0 saturated heterocycles. The number of aryl methyl sites for hydroxylation is 2. The summed E-state index contributed by atoms with van der Waals surface area (Å²) in [5.74, 6) is -0.0435. The Labute approximate surface area is 109 Å². The molecule has 0 aromatic heterocycles. The minimum absolute atomic E-state index is 0.0844. The summed E-state index contributed by atoms with van der Waals surface area (Å²) in [6.07, 6.45) is 3.33. The van der Waals surface area contributed by atoms with E-state index in [0.717, 1.165) is 5.56 Å². The average molecular weight is 247 g/mol. The van der Waals surface area contributed by atoms with Gasteiger partial charge in [0.05, 0.1) is 0 Å². The lowest BCUT2D eigenvalue weighted by atomic mass is 10.1. The second-order valence-corrected chi connectivity index (χ2v) is 4.79. The van der Waals surface area contributed by atoms with Crippen molar-refractivity contribution in [2.45, 2.75) is 20.8 Å². The van der Waals surface area contributed by atoms with Crippen molar-refractivity contribution in [1.82, 2.24) is 5.32 Å². The molecule has 0 radical (unpaired) electrons. The van der Waals surface area contributed by atoms with Gasteiger partial charge in [-0.25, -0.2) is 0 Å². The van der Waals surface area contributed by atoms with Crippen molar-refractivity contribution in [2.24, 2.45) is 5.92 Å². The summed E-state index contributed by atoms with van der Waals surface area (Å²) >= 11 is 0. The number of benzene rings is 1. The number of carbonyl (C=O) groups is 1. The van der Waals surface area contributed by atoms with Gasteiger partial charge in [-0.2, -0.15) is 0 Å². The van der Waals surface area contributed by atoms with Crippen molar-refractivity contribution in [1.29, 1.82) is 0 Å². The quantitative estimate of drug-likeness (QED) is 0.782. The molecule has 3 heteroatoms. The highest BCUT2D eigenvalue weighted by molar-refractivity contribution is 5.91. The summed E-state index contributed by atoms with van der Waals surface area (Å²) in [4.78, 5) is 11.5. The molecule has 1 rings (SSSR count). The van der Waals surface area contributed by atoms with Gasteiger partial charge >= 0.3 is 0 Å². The van der Waals surface area contributed by atoms with Crippen LogP contribution in [0.3, 0.4) is 0 Å². The van der Waals surface area contributed by atoms with Gasteiger partial charge in [-0.3, -0.25) is 4.79 Å². The predicted octanol–water partition coefficient (Wildman–Crippen LogP) is 2.06. The number of aliphatic hydroxyl groups excluding tert-OH is 1. The molecule has 1 aromatic rings. The molecular weight excluding hydrogens is 226 g/mol. The number of rotatable bonds is 5. The summed E-state index contributed by atoms with van der Waals surface area (Å²) in [5, 5.41) is 11.6. The zero-order chi connectivity index (χ0) is 13.5. The number of carbonyl (C=O) groups excluding carboxylic acids is 1. The Morgan fingerprint density at radius 2 is 1.94 bits per heavy atom. The van der Waals surface area contributed by atoms with E-state index in [1.54, 1.807) is 6.08 Å². The molecule has 2 N–H and O–H groups in total. The molecule has 0 spiro atoms. The number of aliphatic hydroxyl groups is 1. The first kappa shape index (κ1) is 14.5. The second-order valence-electron chi connectivity index (χ2n) is 4.79. The van der Waals surface area contributed by atoms with Gasteiger partial charge < -0.3 is 10.4 Å². The number of hydrogen-bond donors (Lipinski definition) is 2. The molecule has 0 aliphatic carbocycles. The van der Waals surface area contributed by atoms with E-state index in [0.29, 0.717) is 6.54 Å². The molecule has 1 aromatic carbocycles. The van der Waals surface area contributed by atoms with Gasteiger partial charge in [0.1, 0.15) is 0 Å². The van der Waals surface area contributed by atoms with E-state index in [1.807, 2.05) is 32.9 Å². The van der Waals surface area contributed by atoms with E-state index in [2.05, 4.69) is 11.4 Å². The molecule has 3 nitrogen and oxygen atoms in total. The molecule has 98 valence electrons. The van der Waals surface area contributed by atoms with Crippen LogP contribution in [-0.2, 0) is 4.79 Å². The molecular formula is C15H21NO2. The lowest BCUT2D eigenvalue weighted by Gasteiger charge is -2.07. The maximum Gasteiger partial charge on any atom is 0.244 e. The fourth-order valence-corrected chi connectivity index (χ4v) is 1.68. The van der Waals surface area contributed by atoms with Crippen molar-refractivity contribution >= 4 is 12.0 Å². The lowest BCUT2D eigenvalue weighted by molar-refractivity contribution is -0.116. The summed E-state index contributed by atoms with van der Waals surface area (Å²) < 4.78 is 0. The van der Waals surface area contributed by atoms with E-state index in [-0.39, 0.29) is 18.4 Å². The predicted molar refractivity (Wildman–Crippen MR) is 74.2 cm³/mol. The summed E-state index contributed by atoms with van der Waals surface area (Å²) in [6, 6.07) is 6.17. The van der Waals surface area contributed by atoms with E-state index >= 15 is 0 Å². The van der Waals surface area contributed by atoms with E-state index in [9.17, 15) is 4.79 Å². The summed E-state index contributed by atoms with van der Waals surface area (Å²) in [7, 11) is 0. The Bertz CT molecular complexity index is 418. The summed E-state index contributed by atoms with van der Waals surface area (Å²) in [6.45, 7) is 6.53. The largest absolute Gasteiger partial charge is 0.396 e. The van der Waals surface area contributed by atoms with E-state index < -0.39 is 0 Å². The number of hydrogen-bond acceptors (Lipinski definition) is 2. The third-order valence-electron chi connectivity index (χ3n) is 2.61. The SMILES string of the molecule is Cc1cc(C)cc(/C=C/C(=O)NCC(C)CO)c1. The van der Waals surface area contributed by atoms with Crippen LogP contribution in [0.15, 0.2) is 24.3 Å². The Kier molecular flexibility index (Phi) is 5.59. The van der Waals surface area contributed by atoms with Crippen molar-refractivity contribution < 1.29 is 9.90 Å². The van der Waals surface area contributed by atoms with Gasteiger partial charge in [-0.1, -0.05) is 36.2 Å². The van der Waals surface area contributed by atoms with Gasteiger partial charge in [0, 0.05) is 19.2 Å².